The summed E-state index contributed by atoms with van der Waals surface area (Å²) < 4.78 is 5.14. The first-order chi connectivity index (χ1) is 13.2. The van der Waals surface area contributed by atoms with E-state index in [1.165, 1.54) is 4.90 Å². The number of pyridine rings is 1. The summed E-state index contributed by atoms with van der Waals surface area (Å²) in [6.45, 7) is 3.04. The van der Waals surface area contributed by atoms with Crippen molar-refractivity contribution in [3.63, 3.8) is 0 Å². The summed E-state index contributed by atoms with van der Waals surface area (Å²) >= 11 is 0. The number of carbonyl (C=O) groups is 2. The minimum absolute atomic E-state index is 0.142. The second-order valence-electron chi connectivity index (χ2n) is 6.70. The first-order valence-corrected chi connectivity index (χ1v) is 9.08. The summed E-state index contributed by atoms with van der Waals surface area (Å²) in [5.41, 5.74) is 0.598. The first-order valence-electron chi connectivity index (χ1n) is 9.08. The van der Waals surface area contributed by atoms with Gasteiger partial charge in [-0.3, -0.25) is 14.5 Å². The smallest absolute Gasteiger partial charge is 0.251 e. The molecule has 0 spiro atoms. The van der Waals surface area contributed by atoms with Gasteiger partial charge in [0.05, 0.1) is 25.3 Å². The molecule has 2 aliphatic rings. The number of carbonyl (C=O) groups excluding carboxylic acids is 2. The van der Waals surface area contributed by atoms with Crippen LogP contribution in [0.25, 0.3) is 0 Å². The molecule has 27 heavy (non-hydrogen) atoms. The van der Waals surface area contributed by atoms with E-state index in [0.29, 0.717) is 11.4 Å². The highest BCUT2D eigenvalue weighted by atomic mass is 16.5. The molecular weight excluding hydrogens is 344 g/mol. The van der Waals surface area contributed by atoms with Crippen molar-refractivity contribution in [3.8, 4) is 5.75 Å². The Kier molecular flexibility index (Phi) is 4.77. The maximum absolute atomic E-state index is 12.9. The summed E-state index contributed by atoms with van der Waals surface area (Å²) in [6, 6.07) is 12.5. The largest absolute Gasteiger partial charge is 0.497 e. The van der Waals surface area contributed by atoms with Crippen LogP contribution in [0, 0.1) is 0 Å². The van der Waals surface area contributed by atoms with Crippen molar-refractivity contribution >= 4 is 23.3 Å². The Balaban J connectivity index is 1.43. The number of imide groups is 1. The Morgan fingerprint density at radius 3 is 2.37 bits per heavy atom. The van der Waals surface area contributed by atoms with Gasteiger partial charge in [-0.05, 0) is 36.4 Å². The van der Waals surface area contributed by atoms with Crippen molar-refractivity contribution in [2.24, 2.45) is 0 Å². The number of anilines is 2. The van der Waals surface area contributed by atoms with Gasteiger partial charge in [-0.15, -0.1) is 0 Å². The number of aromatic nitrogens is 1. The predicted molar refractivity (Wildman–Crippen MR) is 102 cm³/mol. The number of methoxy groups -OCH3 is 1. The van der Waals surface area contributed by atoms with Gasteiger partial charge in [-0.1, -0.05) is 6.07 Å². The zero-order chi connectivity index (χ0) is 18.8. The van der Waals surface area contributed by atoms with Crippen molar-refractivity contribution in [1.29, 1.82) is 0 Å². The quantitative estimate of drug-likeness (QED) is 0.765. The Morgan fingerprint density at radius 2 is 1.74 bits per heavy atom. The van der Waals surface area contributed by atoms with E-state index in [4.69, 9.17) is 4.74 Å². The topological polar surface area (TPSA) is 66.0 Å². The van der Waals surface area contributed by atoms with Gasteiger partial charge in [-0.25, -0.2) is 9.88 Å². The lowest BCUT2D eigenvalue weighted by molar-refractivity contribution is -0.123. The molecule has 2 amide bonds. The Labute approximate surface area is 158 Å². The lowest BCUT2D eigenvalue weighted by Crippen LogP contribution is -2.52. The first kappa shape index (κ1) is 17.5. The third-order valence-corrected chi connectivity index (χ3v) is 5.18. The summed E-state index contributed by atoms with van der Waals surface area (Å²) in [5, 5.41) is 0. The summed E-state index contributed by atoms with van der Waals surface area (Å²) in [6.07, 6.45) is 2.02. The third kappa shape index (κ3) is 3.38. The van der Waals surface area contributed by atoms with Gasteiger partial charge < -0.3 is 9.64 Å². The number of amides is 2. The molecule has 1 aromatic carbocycles. The van der Waals surface area contributed by atoms with E-state index < -0.39 is 0 Å². The fraction of sp³-hybridized carbons (Fsp3) is 0.350. The normalized spacial score (nSPS) is 21.0. The summed E-state index contributed by atoms with van der Waals surface area (Å²) in [4.78, 5) is 35.4. The molecule has 0 radical (unpaired) electrons. The maximum atomic E-state index is 12.9. The predicted octanol–water partition coefficient (Wildman–Crippen LogP) is 1.54. The minimum atomic E-state index is -0.384. The van der Waals surface area contributed by atoms with E-state index in [-0.39, 0.29) is 24.3 Å². The highest BCUT2D eigenvalue weighted by Crippen LogP contribution is 2.28. The lowest BCUT2D eigenvalue weighted by atomic mass is 10.1. The van der Waals surface area contributed by atoms with Crippen molar-refractivity contribution in [3.05, 3.63) is 48.7 Å². The van der Waals surface area contributed by atoms with Gasteiger partial charge in [0.2, 0.25) is 5.91 Å². The molecular formula is C20H22N4O3. The standard InChI is InChI=1S/C20H22N4O3/c1-27-16-7-5-15(6-8-16)24-19(25)14-17(20(24)26)22-10-12-23(13-11-22)18-4-2-3-9-21-18/h2-9,17H,10-14H2,1H3. The summed E-state index contributed by atoms with van der Waals surface area (Å²) in [7, 11) is 1.59. The molecule has 1 atom stereocenters. The molecule has 4 rings (SSSR count). The molecule has 2 aliphatic heterocycles. The lowest BCUT2D eigenvalue weighted by Gasteiger charge is -2.37. The number of hydrogen-bond donors (Lipinski definition) is 0. The second kappa shape index (κ2) is 7.36. The maximum Gasteiger partial charge on any atom is 0.251 e. The van der Waals surface area contributed by atoms with Gasteiger partial charge in [0, 0.05) is 32.4 Å². The third-order valence-electron chi connectivity index (χ3n) is 5.18. The van der Waals surface area contributed by atoms with Crippen molar-refractivity contribution in [1.82, 2.24) is 9.88 Å². The molecule has 1 unspecified atom stereocenters. The monoisotopic (exact) mass is 366 g/mol. The molecule has 2 saturated heterocycles. The number of benzene rings is 1. The van der Waals surface area contributed by atoms with Gasteiger partial charge in [0.25, 0.3) is 5.91 Å². The molecule has 0 aliphatic carbocycles. The SMILES string of the molecule is COc1ccc(N2C(=O)CC(N3CCN(c4ccccn4)CC3)C2=O)cc1. The van der Waals surface area contributed by atoms with E-state index in [9.17, 15) is 9.59 Å². The van der Waals surface area contributed by atoms with Crippen LogP contribution in [0.2, 0.25) is 0 Å². The molecule has 140 valence electrons. The number of ether oxygens (including phenoxy) is 1. The average molecular weight is 366 g/mol. The van der Waals surface area contributed by atoms with E-state index >= 15 is 0 Å². The van der Waals surface area contributed by atoms with E-state index in [0.717, 1.165) is 32.0 Å². The fourth-order valence-electron chi connectivity index (χ4n) is 3.71. The molecule has 3 heterocycles. The van der Waals surface area contributed by atoms with Crippen LogP contribution in [-0.4, -0.2) is 61.0 Å². The number of nitrogens with zero attached hydrogens (tertiary/aromatic N) is 4. The van der Waals surface area contributed by atoms with Gasteiger partial charge in [-0.2, -0.15) is 0 Å². The van der Waals surface area contributed by atoms with Crippen LogP contribution >= 0.6 is 0 Å². The highest BCUT2D eigenvalue weighted by Gasteiger charge is 2.43. The molecule has 2 aromatic rings. The average Bonchev–Trinajstić information content (AvgIpc) is 3.03. The fourth-order valence-corrected chi connectivity index (χ4v) is 3.71. The number of piperazine rings is 1. The van der Waals surface area contributed by atoms with Crippen LogP contribution in [0.4, 0.5) is 11.5 Å². The zero-order valence-electron chi connectivity index (χ0n) is 15.2. The van der Waals surface area contributed by atoms with Crippen molar-refractivity contribution < 1.29 is 14.3 Å². The minimum Gasteiger partial charge on any atom is -0.497 e. The Bertz CT molecular complexity index is 817. The Morgan fingerprint density at radius 1 is 1.00 bits per heavy atom. The molecule has 7 nitrogen and oxygen atoms in total. The number of hydrogen-bond acceptors (Lipinski definition) is 6. The molecule has 1 aromatic heterocycles. The molecule has 0 bridgehead atoms. The van der Waals surface area contributed by atoms with Crippen LogP contribution in [0.3, 0.4) is 0 Å². The second-order valence-corrected chi connectivity index (χ2v) is 6.70. The van der Waals surface area contributed by atoms with Gasteiger partial charge >= 0.3 is 0 Å². The van der Waals surface area contributed by atoms with Crippen molar-refractivity contribution in [2.75, 3.05) is 43.1 Å². The highest BCUT2D eigenvalue weighted by molar-refractivity contribution is 6.22. The van der Waals surface area contributed by atoms with Crippen LogP contribution in [0.15, 0.2) is 48.7 Å². The van der Waals surface area contributed by atoms with Crippen LogP contribution in [0.5, 0.6) is 5.75 Å². The van der Waals surface area contributed by atoms with E-state index in [1.54, 1.807) is 37.6 Å². The van der Waals surface area contributed by atoms with Crippen molar-refractivity contribution in [2.45, 2.75) is 12.5 Å². The molecule has 0 N–H and O–H groups in total. The van der Waals surface area contributed by atoms with E-state index in [1.807, 2.05) is 18.2 Å². The molecule has 7 heteroatoms. The number of rotatable bonds is 4. The van der Waals surface area contributed by atoms with Crippen LogP contribution in [-0.2, 0) is 9.59 Å². The summed E-state index contributed by atoms with van der Waals surface area (Å²) in [5.74, 6) is 1.35. The van der Waals surface area contributed by atoms with Crippen LogP contribution < -0.4 is 14.5 Å². The Hall–Kier alpha value is -2.93. The van der Waals surface area contributed by atoms with Gasteiger partial charge in [0.15, 0.2) is 0 Å². The molecule has 2 fully saturated rings. The van der Waals surface area contributed by atoms with E-state index in [2.05, 4.69) is 14.8 Å². The zero-order valence-corrected chi connectivity index (χ0v) is 15.2. The van der Waals surface area contributed by atoms with Crippen LogP contribution in [0.1, 0.15) is 6.42 Å². The molecule has 0 saturated carbocycles. The van der Waals surface area contributed by atoms with Gasteiger partial charge in [0.1, 0.15) is 11.6 Å².